The number of nitrogens with zero attached hydrogens (tertiary/aromatic N) is 3. The molecule has 8 heteroatoms. The molecule has 1 amide bonds. The van der Waals surface area contributed by atoms with Crippen molar-refractivity contribution >= 4 is 17.3 Å². The predicted molar refractivity (Wildman–Crippen MR) is 150 cm³/mol. The van der Waals surface area contributed by atoms with E-state index >= 15 is 0 Å². The fourth-order valence-electron chi connectivity index (χ4n) is 5.25. The van der Waals surface area contributed by atoms with Crippen LogP contribution in [0, 0.1) is 0 Å². The molecule has 1 fully saturated rings. The van der Waals surface area contributed by atoms with Crippen LogP contribution in [0.25, 0.3) is 5.69 Å². The number of aromatic nitrogens is 2. The summed E-state index contributed by atoms with van der Waals surface area (Å²) in [6.07, 6.45) is 6.82. The Morgan fingerprint density at radius 3 is 2.46 bits per heavy atom. The molecular formula is C31H30N4O4. The van der Waals surface area contributed by atoms with Crippen molar-refractivity contribution in [3.63, 3.8) is 0 Å². The number of carbonyl (C=O) groups is 1. The number of nitrogens with one attached hydrogen (secondary N) is 1. The molecule has 0 atom stereocenters. The van der Waals surface area contributed by atoms with E-state index in [-0.39, 0.29) is 17.2 Å². The Morgan fingerprint density at radius 1 is 0.897 bits per heavy atom. The molecule has 0 radical (unpaired) electrons. The number of aryl methyl sites for hydroxylation is 2. The van der Waals surface area contributed by atoms with Crippen molar-refractivity contribution in [3.8, 4) is 22.9 Å². The molecule has 0 unspecified atom stereocenters. The number of carbonyl (C=O) groups excluding carboxylic acids is 1. The lowest BCUT2D eigenvalue weighted by atomic mass is 10.1. The summed E-state index contributed by atoms with van der Waals surface area (Å²) in [6.45, 7) is 1.54. The van der Waals surface area contributed by atoms with E-state index in [9.17, 15) is 9.59 Å². The van der Waals surface area contributed by atoms with Gasteiger partial charge in [0.1, 0.15) is 11.5 Å². The molecule has 1 saturated heterocycles. The Bertz CT molecular complexity index is 1570. The molecule has 8 nitrogen and oxygen atoms in total. The van der Waals surface area contributed by atoms with Gasteiger partial charge in [-0.1, -0.05) is 12.1 Å². The van der Waals surface area contributed by atoms with Crippen molar-refractivity contribution in [2.45, 2.75) is 32.1 Å². The third kappa shape index (κ3) is 5.10. The van der Waals surface area contributed by atoms with E-state index in [0.29, 0.717) is 34.2 Å². The first-order valence-electron chi connectivity index (χ1n) is 13.3. The van der Waals surface area contributed by atoms with Crippen molar-refractivity contribution < 1.29 is 14.3 Å². The van der Waals surface area contributed by atoms with E-state index < -0.39 is 0 Å². The lowest BCUT2D eigenvalue weighted by Crippen LogP contribution is -2.27. The second kappa shape index (κ2) is 10.6. The summed E-state index contributed by atoms with van der Waals surface area (Å²) in [5.74, 6) is 1.64. The van der Waals surface area contributed by atoms with Crippen molar-refractivity contribution in [2.75, 3.05) is 25.5 Å². The largest absolute Gasteiger partial charge is 0.497 e. The van der Waals surface area contributed by atoms with Crippen LogP contribution in [0.3, 0.4) is 0 Å². The Hall–Kier alpha value is -4.59. The van der Waals surface area contributed by atoms with Gasteiger partial charge in [-0.15, -0.1) is 0 Å². The summed E-state index contributed by atoms with van der Waals surface area (Å²) in [7, 11) is 1.59. The fraction of sp³-hybridized carbons (Fsp3) is 0.258. The monoisotopic (exact) mass is 522 g/mol. The highest BCUT2D eigenvalue weighted by Crippen LogP contribution is 2.32. The van der Waals surface area contributed by atoms with Crippen LogP contribution in [0.4, 0.5) is 11.4 Å². The molecule has 39 heavy (non-hydrogen) atoms. The van der Waals surface area contributed by atoms with Crippen molar-refractivity contribution in [1.29, 1.82) is 0 Å². The first kappa shape index (κ1) is 24.7. The average Bonchev–Trinajstić information content (AvgIpc) is 3.67. The average molecular weight is 523 g/mol. The highest BCUT2D eigenvalue weighted by molar-refractivity contribution is 5.95. The third-order valence-corrected chi connectivity index (χ3v) is 7.33. The van der Waals surface area contributed by atoms with Crippen LogP contribution in [-0.2, 0) is 12.8 Å². The highest BCUT2D eigenvalue weighted by Gasteiger charge is 2.21. The van der Waals surface area contributed by atoms with Crippen LogP contribution >= 0.6 is 0 Å². The van der Waals surface area contributed by atoms with Gasteiger partial charge in [-0.25, -0.2) is 0 Å². The molecule has 6 rings (SSSR count). The van der Waals surface area contributed by atoms with E-state index in [2.05, 4.69) is 16.5 Å². The van der Waals surface area contributed by atoms with E-state index in [1.54, 1.807) is 49.7 Å². The highest BCUT2D eigenvalue weighted by atomic mass is 16.5. The van der Waals surface area contributed by atoms with E-state index in [4.69, 9.17) is 9.47 Å². The molecule has 0 spiro atoms. The molecule has 0 saturated carbocycles. The number of hydrogen-bond donors (Lipinski definition) is 1. The van der Waals surface area contributed by atoms with Crippen LogP contribution in [0.2, 0.25) is 0 Å². The lowest BCUT2D eigenvalue weighted by Gasteiger charge is -2.17. The SMILES string of the molecule is COc1ccc(-n2ncc(Oc3ccc4c(c3)CCC4)c(Nc3cccc(C(=O)N4CCCC4)c3)c2=O)cc1. The number of benzene rings is 3. The van der Waals surface area contributed by atoms with Gasteiger partial charge in [0.05, 0.1) is 19.0 Å². The smallest absolute Gasteiger partial charge is 0.299 e. The van der Waals surface area contributed by atoms with Crippen molar-refractivity contribution in [3.05, 3.63) is 100.0 Å². The third-order valence-electron chi connectivity index (χ3n) is 7.33. The maximum Gasteiger partial charge on any atom is 0.299 e. The van der Waals surface area contributed by atoms with Gasteiger partial charge in [0.2, 0.25) is 0 Å². The number of likely N-dealkylation sites (tertiary alicyclic amines) is 1. The molecule has 1 aromatic heterocycles. The van der Waals surface area contributed by atoms with Crippen LogP contribution in [0.1, 0.15) is 40.7 Å². The normalized spacial score (nSPS) is 14.2. The van der Waals surface area contributed by atoms with Gasteiger partial charge in [-0.2, -0.15) is 9.78 Å². The standard InChI is InChI=1S/C31H30N4O4/c1-38-26-14-11-25(12-15-26)35-31(37)29(28(20-32-35)39-27-13-10-21-6-4-7-22(21)19-27)33-24-9-5-8-23(18-24)30(36)34-16-2-3-17-34/h5,8-15,18-20,33H,2-4,6-7,16-17H2,1H3. The Labute approximate surface area is 226 Å². The van der Waals surface area contributed by atoms with Crippen molar-refractivity contribution in [1.82, 2.24) is 14.7 Å². The lowest BCUT2D eigenvalue weighted by molar-refractivity contribution is 0.0793. The minimum atomic E-state index is -0.380. The van der Waals surface area contributed by atoms with Gasteiger partial charge >= 0.3 is 0 Å². The van der Waals surface area contributed by atoms with E-state index in [1.165, 1.54) is 15.8 Å². The van der Waals surface area contributed by atoms with Crippen LogP contribution in [-0.4, -0.2) is 40.8 Å². The summed E-state index contributed by atoms with van der Waals surface area (Å²) < 4.78 is 12.8. The van der Waals surface area contributed by atoms with Gasteiger partial charge in [-0.3, -0.25) is 9.59 Å². The zero-order valence-corrected chi connectivity index (χ0v) is 21.9. The number of rotatable bonds is 7. The maximum absolute atomic E-state index is 13.8. The molecule has 1 aliphatic heterocycles. The molecule has 1 N–H and O–H groups in total. The van der Waals surface area contributed by atoms with Gasteiger partial charge in [-0.05, 0) is 97.8 Å². The van der Waals surface area contributed by atoms with Gasteiger partial charge in [0.15, 0.2) is 11.4 Å². The zero-order chi connectivity index (χ0) is 26.8. The molecular weight excluding hydrogens is 492 g/mol. The summed E-state index contributed by atoms with van der Waals surface area (Å²) in [5.41, 5.74) is 4.24. The molecule has 4 aromatic rings. The minimum Gasteiger partial charge on any atom is -0.497 e. The van der Waals surface area contributed by atoms with Gasteiger partial charge in [0, 0.05) is 24.3 Å². The summed E-state index contributed by atoms with van der Waals surface area (Å²) in [5, 5.41) is 7.65. The summed E-state index contributed by atoms with van der Waals surface area (Å²) >= 11 is 0. The molecule has 0 bridgehead atoms. The first-order valence-corrected chi connectivity index (χ1v) is 13.3. The Kier molecular flexibility index (Phi) is 6.75. The number of methoxy groups -OCH3 is 1. The number of anilines is 2. The predicted octanol–water partition coefficient (Wildman–Crippen LogP) is 5.50. The summed E-state index contributed by atoms with van der Waals surface area (Å²) in [6, 6.07) is 20.4. The Morgan fingerprint density at radius 2 is 1.67 bits per heavy atom. The first-order chi connectivity index (χ1) is 19.1. The number of ether oxygens (including phenoxy) is 2. The number of hydrogen-bond acceptors (Lipinski definition) is 6. The molecule has 1 aliphatic carbocycles. The second-order valence-corrected chi connectivity index (χ2v) is 9.89. The van der Waals surface area contributed by atoms with Crippen LogP contribution in [0.5, 0.6) is 17.2 Å². The maximum atomic E-state index is 13.8. The number of amides is 1. The van der Waals surface area contributed by atoms with Gasteiger partial charge < -0.3 is 19.7 Å². The van der Waals surface area contributed by atoms with Gasteiger partial charge in [0.25, 0.3) is 11.5 Å². The second-order valence-electron chi connectivity index (χ2n) is 9.89. The summed E-state index contributed by atoms with van der Waals surface area (Å²) in [4.78, 5) is 28.7. The molecule has 3 aromatic carbocycles. The van der Waals surface area contributed by atoms with Crippen molar-refractivity contribution in [2.24, 2.45) is 0 Å². The zero-order valence-electron chi connectivity index (χ0n) is 21.9. The van der Waals surface area contributed by atoms with Crippen LogP contribution < -0.4 is 20.3 Å². The minimum absolute atomic E-state index is 0.00358. The quantitative estimate of drug-likeness (QED) is 0.345. The van der Waals surface area contributed by atoms with E-state index in [0.717, 1.165) is 45.2 Å². The van der Waals surface area contributed by atoms with Crippen LogP contribution in [0.15, 0.2) is 77.7 Å². The molecule has 2 aliphatic rings. The topological polar surface area (TPSA) is 85.7 Å². The Balaban J connectivity index is 1.37. The fourth-order valence-corrected chi connectivity index (χ4v) is 5.25. The number of fused-ring (bicyclic) bond motifs is 1. The molecule has 198 valence electrons. The van der Waals surface area contributed by atoms with E-state index in [1.807, 2.05) is 29.2 Å². The molecule has 2 heterocycles.